The third-order valence-electron chi connectivity index (χ3n) is 2.77. The number of halogens is 1. The molecule has 0 saturated carbocycles. The molecule has 0 aliphatic rings. The summed E-state index contributed by atoms with van der Waals surface area (Å²) in [5, 5.41) is 0. The average molecular weight is 282 g/mol. The van der Waals surface area contributed by atoms with Crippen LogP contribution in [0.25, 0.3) is 0 Å². The summed E-state index contributed by atoms with van der Waals surface area (Å²) in [6.07, 6.45) is 3.86. The Morgan fingerprint density at radius 1 is 0.950 bits per heavy atom. The van der Waals surface area contributed by atoms with Crippen molar-refractivity contribution in [1.82, 2.24) is 0 Å². The van der Waals surface area contributed by atoms with Gasteiger partial charge in [-0.1, -0.05) is 54.4 Å². The van der Waals surface area contributed by atoms with Crippen molar-refractivity contribution >= 4 is 5.78 Å². The van der Waals surface area contributed by atoms with Crippen LogP contribution in [0.15, 0.2) is 24.3 Å². The molecule has 0 N–H and O–H groups in total. The van der Waals surface area contributed by atoms with E-state index < -0.39 is 0 Å². The summed E-state index contributed by atoms with van der Waals surface area (Å²) in [6, 6.07) is 5.86. The number of ketones is 1. The maximum Gasteiger partial charge on any atom is 0.165 e. The van der Waals surface area contributed by atoms with E-state index in [1.165, 1.54) is 12.1 Å². The largest absolute Gasteiger partial charge is 0.294 e. The van der Waals surface area contributed by atoms with Gasteiger partial charge in [-0.25, -0.2) is 4.39 Å². The van der Waals surface area contributed by atoms with Crippen LogP contribution in [0.1, 0.15) is 77.6 Å². The quantitative estimate of drug-likeness (QED) is 0.561. The van der Waals surface area contributed by atoms with E-state index in [1.54, 1.807) is 12.1 Å². The minimum Gasteiger partial charge on any atom is -0.294 e. The molecule has 0 aliphatic heterocycles. The highest BCUT2D eigenvalue weighted by atomic mass is 19.1. The molecular formula is C18H31FO. The van der Waals surface area contributed by atoms with Crippen LogP contribution in [0.2, 0.25) is 0 Å². The summed E-state index contributed by atoms with van der Waals surface area (Å²) in [5.41, 5.74) is 0.633. The van der Waals surface area contributed by atoms with E-state index >= 15 is 0 Å². The number of carbonyl (C=O) groups excluding carboxylic acids is 1. The number of Topliss-reactive ketones (excluding diaryl/α,β-unsaturated/α-hetero) is 1. The Hall–Kier alpha value is -1.18. The molecule has 0 radical (unpaired) electrons. The molecule has 1 aromatic carbocycles. The zero-order chi connectivity index (χ0) is 16.0. The highest BCUT2D eigenvalue weighted by Crippen LogP contribution is 2.19. The number of benzene rings is 1. The monoisotopic (exact) mass is 282 g/mol. The summed E-state index contributed by atoms with van der Waals surface area (Å²) < 4.78 is 12.7. The fourth-order valence-corrected chi connectivity index (χ4v) is 1.95. The lowest BCUT2D eigenvalue weighted by Gasteiger charge is -2.13. The first-order chi connectivity index (χ1) is 9.69. The van der Waals surface area contributed by atoms with Gasteiger partial charge in [0.15, 0.2) is 5.78 Å². The molecule has 0 atom stereocenters. The van der Waals surface area contributed by atoms with Crippen molar-refractivity contribution in [3.05, 3.63) is 35.6 Å². The van der Waals surface area contributed by atoms with Crippen LogP contribution in [-0.4, -0.2) is 5.78 Å². The second kappa shape index (κ2) is 14.2. The van der Waals surface area contributed by atoms with Gasteiger partial charge in [-0.15, -0.1) is 0 Å². The van der Waals surface area contributed by atoms with Crippen LogP contribution in [-0.2, 0) is 0 Å². The first-order valence-corrected chi connectivity index (χ1v) is 7.98. The highest BCUT2D eigenvalue weighted by molar-refractivity contribution is 5.97. The van der Waals surface area contributed by atoms with Gasteiger partial charge < -0.3 is 0 Å². The van der Waals surface area contributed by atoms with Crippen molar-refractivity contribution in [3.63, 3.8) is 0 Å². The van der Waals surface area contributed by atoms with Crippen LogP contribution >= 0.6 is 0 Å². The van der Waals surface area contributed by atoms with E-state index in [0.717, 1.165) is 25.7 Å². The predicted molar refractivity (Wildman–Crippen MR) is 86.7 cm³/mol. The van der Waals surface area contributed by atoms with Crippen LogP contribution in [0.3, 0.4) is 0 Å². The summed E-state index contributed by atoms with van der Waals surface area (Å²) in [6.45, 7) is 12.2. The lowest BCUT2D eigenvalue weighted by molar-refractivity contribution is 0.0905. The van der Waals surface area contributed by atoms with Gasteiger partial charge in [0.05, 0.1) is 0 Å². The predicted octanol–water partition coefficient (Wildman–Crippen LogP) is 6.28. The van der Waals surface area contributed by atoms with E-state index in [4.69, 9.17) is 0 Å². The Labute approximate surface area is 124 Å². The Bertz CT molecular complexity index is 324. The lowest BCUT2D eigenvalue weighted by atomic mass is 9.90. The highest BCUT2D eigenvalue weighted by Gasteiger charge is 2.18. The van der Waals surface area contributed by atoms with Gasteiger partial charge in [0.1, 0.15) is 5.82 Å². The Morgan fingerprint density at radius 3 is 1.70 bits per heavy atom. The van der Waals surface area contributed by atoms with Gasteiger partial charge in [-0.3, -0.25) is 4.79 Å². The molecule has 0 aromatic heterocycles. The van der Waals surface area contributed by atoms with E-state index in [2.05, 4.69) is 13.8 Å². The first kappa shape index (κ1) is 21.1. The third kappa shape index (κ3) is 8.08. The van der Waals surface area contributed by atoms with E-state index in [0.29, 0.717) is 5.56 Å². The fourth-order valence-electron chi connectivity index (χ4n) is 1.95. The van der Waals surface area contributed by atoms with Crippen molar-refractivity contribution in [2.75, 3.05) is 0 Å². The molecule has 1 nitrogen and oxygen atoms in total. The molecule has 0 unspecified atom stereocenters. The summed E-state index contributed by atoms with van der Waals surface area (Å²) >= 11 is 0. The van der Waals surface area contributed by atoms with Gasteiger partial charge in [-0.2, -0.15) is 0 Å². The zero-order valence-corrected chi connectivity index (χ0v) is 14.0. The van der Waals surface area contributed by atoms with E-state index in [-0.39, 0.29) is 17.5 Å². The Kier molecular flexibility index (Phi) is 15.0. The topological polar surface area (TPSA) is 17.1 Å². The van der Waals surface area contributed by atoms with Crippen LogP contribution in [0.4, 0.5) is 4.39 Å². The second-order valence-corrected chi connectivity index (χ2v) is 4.15. The van der Waals surface area contributed by atoms with Crippen molar-refractivity contribution in [1.29, 1.82) is 0 Å². The molecule has 0 heterocycles. The molecule has 0 spiro atoms. The molecule has 0 aliphatic carbocycles. The van der Waals surface area contributed by atoms with Crippen molar-refractivity contribution in [3.8, 4) is 0 Å². The SMILES string of the molecule is CC.CC.CCCC(CCC)C(=O)c1ccc(F)cc1. The molecule has 0 amide bonds. The third-order valence-corrected chi connectivity index (χ3v) is 2.77. The van der Waals surface area contributed by atoms with E-state index in [9.17, 15) is 9.18 Å². The maximum atomic E-state index is 12.7. The maximum absolute atomic E-state index is 12.7. The minimum atomic E-state index is -0.293. The molecule has 0 saturated heterocycles. The minimum absolute atomic E-state index is 0.0976. The Balaban J connectivity index is 0. The van der Waals surface area contributed by atoms with Gasteiger partial charge in [-0.05, 0) is 37.1 Å². The average Bonchev–Trinajstić information content (AvgIpc) is 2.51. The normalized spacial score (nSPS) is 9.20. The number of carbonyl (C=O) groups is 1. The lowest BCUT2D eigenvalue weighted by Crippen LogP contribution is -2.14. The molecule has 0 fully saturated rings. The van der Waals surface area contributed by atoms with Crippen LogP contribution < -0.4 is 0 Å². The van der Waals surface area contributed by atoms with Gasteiger partial charge in [0.25, 0.3) is 0 Å². The number of hydrogen-bond donors (Lipinski definition) is 0. The summed E-state index contributed by atoms with van der Waals surface area (Å²) in [5.74, 6) is -0.0387. The Morgan fingerprint density at radius 2 is 1.35 bits per heavy atom. The van der Waals surface area contributed by atoms with Crippen LogP contribution in [0.5, 0.6) is 0 Å². The van der Waals surface area contributed by atoms with Crippen molar-refractivity contribution in [2.24, 2.45) is 5.92 Å². The number of hydrogen-bond acceptors (Lipinski definition) is 1. The smallest absolute Gasteiger partial charge is 0.165 e. The van der Waals surface area contributed by atoms with Crippen molar-refractivity contribution < 1.29 is 9.18 Å². The van der Waals surface area contributed by atoms with Crippen LogP contribution in [0, 0.1) is 11.7 Å². The molecule has 20 heavy (non-hydrogen) atoms. The van der Waals surface area contributed by atoms with Crippen molar-refractivity contribution in [2.45, 2.75) is 67.2 Å². The summed E-state index contributed by atoms with van der Waals surface area (Å²) in [4.78, 5) is 12.1. The first-order valence-electron chi connectivity index (χ1n) is 7.98. The molecule has 1 rings (SSSR count). The zero-order valence-electron chi connectivity index (χ0n) is 14.0. The standard InChI is InChI=1S/C14H19FO.2C2H6/c1-3-5-11(6-4-2)14(16)12-7-9-13(15)10-8-12;2*1-2/h7-11H,3-6H2,1-2H3;2*1-2H3. The van der Waals surface area contributed by atoms with Gasteiger partial charge >= 0.3 is 0 Å². The molecule has 1 aromatic rings. The molecule has 116 valence electrons. The van der Waals surface area contributed by atoms with Gasteiger partial charge in [0.2, 0.25) is 0 Å². The molecular weight excluding hydrogens is 251 g/mol. The fraction of sp³-hybridized carbons (Fsp3) is 0.611. The molecule has 0 bridgehead atoms. The summed E-state index contributed by atoms with van der Waals surface area (Å²) in [7, 11) is 0. The number of rotatable bonds is 6. The van der Waals surface area contributed by atoms with E-state index in [1.807, 2.05) is 27.7 Å². The van der Waals surface area contributed by atoms with Gasteiger partial charge in [0, 0.05) is 11.5 Å². The second-order valence-electron chi connectivity index (χ2n) is 4.15. The molecule has 2 heteroatoms.